The van der Waals surface area contributed by atoms with Gasteiger partial charge in [-0.15, -0.1) is 0 Å². The van der Waals surface area contributed by atoms with Crippen LogP contribution in [0.15, 0.2) is 29.8 Å². The lowest BCUT2D eigenvalue weighted by atomic mass is 9.49. The van der Waals surface area contributed by atoms with Gasteiger partial charge in [-0.05, 0) is 100.0 Å². The van der Waals surface area contributed by atoms with E-state index >= 15 is 0 Å². The molecule has 0 radical (unpaired) electrons. The van der Waals surface area contributed by atoms with Gasteiger partial charge >= 0.3 is 5.97 Å². The monoisotopic (exact) mass is 438 g/mol. The molecule has 170 valence electrons. The highest BCUT2D eigenvalue weighted by Gasteiger charge is 2.55. The standard InChI is InChI=1S/C26H31FN2O3/c1-3-29(4-2)24(20-5-7-21(27)8-6-20)22(15-28)23(30)16-32-25(31)26-12-17-9-18(13-26)11-19(10-17)14-26/h5-8,17-19H,3-4,9-14,16H2,1-2H3/b24-22-. The Morgan fingerprint density at radius 3 is 2.06 bits per heavy atom. The SMILES string of the molecule is CCN(CC)/C(=C(/C#N)C(=O)COC(=O)C12CC3CC(CC(C3)C1)C2)c1ccc(F)cc1. The molecule has 5 rings (SSSR count). The van der Waals surface area contributed by atoms with Crippen molar-refractivity contribution in [2.75, 3.05) is 19.7 Å². The molecule has 1 aromatic carbocycles. The van der Waals surface area contributed by atoms with E-state index in [4.69, 9.17) is 4.74 Å². The molecule has 4 saturated carbocycles. The second-order valence-corrected chi connectivity index (χ2v) is 9.71. The van der Waals surface area contributed by atoms with Gasteiger partial charge in [0.1, 0.15) is 17.5 Å². The number of nitrogens with zero attached hydrogens (tertiary/aromatic N) is 2. The summed E-state index contributed by atoms with van der Waals surface area (Å²) in [5, 5.41) is 9.85. The van der Waals surface area contributed by atoms with Crippen LogP contribution in [0.4, 0.5) is 4.39 Å². The number of halogens is 1. The number of carbonyl (C=O) groups is 2. The molecule has 0 unspecified atom stereocenters. The summed E-state index contributed by atoms with van der Waals surface area (Å²) in [4.78, 5) is 28.1. The third kappa shape index (κ3) is 4.18. The first-order valence-electron chi connectivity index (χ1n) is 11.7. The molecule has 0 amide bonds. The van der Waals surface area contributed by atoms with E-state index in [1.165, 1.54) is 31.4 Å². The summed E-state index contributed by atoms with van der Waals surface area (Å²) >= 11 is 0. The third-order valence-corrected chi connectivity index (χ3v) is 7.63. The molecule has 32 heavy (non-hydrogen) atoms. The Labute approximate surface area is 189 Å². The Bertz CT molecular complexity index is 921. The largest absolute Gasteiger partial charge is 0.457 e. The average molecular weight is 439 g/mol. The van der Waals surface area contributed by atoms with Gasteiger partial charge in [0.15, 0.2) is 6.61 Å². The van der Waals surface area contributed by atoms with Crippen LogP contribution in [-0.4, -0.2) is 36.3 Å². The number of esters is 1. The van der Waals surface area contributed by atoms with Crippen molar-refractivity contribution in [2.45, 2.75) is 52.4 Å². The van der Waals surface area contributed by atoms with Gasteiger partial charge in [0.05, 0.1) is 11.1 Å². The highest BCUT2D eigenvalue weighted by Crippen LogP contribution is 2.60. The van der Waals surface area contributed by atoms with Crippen molar-refractivity contribution in [3.8, 4) is 6.07 Å². The lowest BCUT2D eigenvalue weighted by molar-refractivity contribution is -0.172. The Morgan fingerprint density at radius 1 is 1.06 bits per heavy atom. The maximum atomic E-state index is 13.5. The van der Waals surface area contributed by atoms with E-state index in [1.54, 1.807) is 12.1 Å². The molecule has 4 fully saturated rings. The molecule has 0 aromatic heterocycles. The van der Waals surface area contributed by atoms with Crippen molar-refractivity contribution in [1.29, 1.82) is 5.26 Å². The quantitative estimate of drug-likeness (QED) is 0.333. The number of ketones is 1. The predicted molar refractivity (Wildman–Crippen MR) is 118 cm³/mol. The van der Waals surface area contributed by atoms with Gasteiger partial charge in [0.25, 0.3) is 0 Å². The molecule has 6 heteroatoms. The first-order valence-corrected chi connectivity index (χ1v) is 11.7. The summed E-state index contributed by atoms with van der Waals surface area (Å²) in [6.45, 7) is 4.58. The van der Waals surface area contributed by atoms with E-state index in [2.05, 4.69) is 0 Å². The topological polar surface area (TPSA) is 70.4 Å². The first-order chi connectivity index (χ1) is 15.4. The van der Waals surface area contributed by atoms with Gasteiger partial charge in [0, 0.05) is 13.1 Å². The average Bonchev–Trinajstić information content (AvgIpc) is 2.77. The second-order valence-electron chi connectivity index (χ2n) is 9.71. The molecule has 0 N–H and O–H groups in total. The maximum absolute atomic E-state index is 13.5. The number of ether oxygens (including phenoxy) is 1. The van der Waals surface area contributed by atoms with Crippen LogP contribution in [0.2, 0.25) is 0 Å². The molecule has 0 spiro atoms. The fourth-order valence-electron chi connectivity index (χ4n) is 6.60. The van der Waals surface area contributed by atoms with Crippen LogP contribution in [0.5, 0.6) is 0 Å². The molecule has 4 aliphatic carbocycles. The Hall–Kier alpha value is -2.68. The number of hydrogen-bond acceptors (Lipinski definition) is 5. The minimum atomic E-state index is -0.517. The van der Waals surface area contributed by atoms with Crippen molar-refractivity contribution < 1.29 is 18.7 Å². The van der Waals surface area contributed by atoms with Crippen LogP contribution in [-0.2, 0) is 14.3 Å². The fraction of sp³-hybridized carbons (Fsp3) is 0.577. The summed E-state index contributed by atoms with van der Waals surface area (Å²) in [6, 6.07) is 7.78. The molecule has 4 bridgehead atoms. The molecule has 0 aliphatic heterocycles. The van der Waals surface area contributed by atoms with Gasteiger partial charge < -0.3 is 9.64 Å². The molecule has 0 saturated heterocycles. The van der Waals surface area contributed by atoms with Crippen LogP contribution in [0.1, 0.15) is 57.9 Å². The van der Waals surface area contributed by atoms with Crippen molar-refractivity contribution in [2.24, 2.45) is 23.2 Å². The molecule has 0 atom stereocenters. The fourth-order valence-corrected chi connectivity index (χ4v) is 6.60. The summed E-state index contributed by atoms with van der Waals surface area (Å²) < 4.78 is 19.0. The third-order valence-electron chi connectivity index (χ3n) is 7.63. The van der Waals surface area contributed by atoms with E-state index < -0.39 is 17.8 Å². The molecular weight excluding hydrogens is 407 g/mol. The van der Waals surface area contributed by atoms with Gasteiger partial charge in [0.2, 0.25) is 5.78 Å². The number of nitriles is 1. The van der Waals surface area contributed by atoms with E-state index in [9.17, 15) is 19.2 Å². The van der Waals surface area contributed by atoms with Crippen molar-refractivity contribution in [1.82, 2.24) is 4.90 Å². The molecule has 5 nitrogen and oxygen atoms in total. The maximum Gasteiger partial charge on any atom is 0.312 e. The zero-order valence-electron chi connectivity index (χ0n) is 18.9. The van der Waals surface area contributed by atoms with E-state index in [0.717, 1.165) is 19.3 Å². The van der Waals surface area contributed by atoms with Crippen LogP contribution in [0, 0.1) is 40.3 Å². The van der Waals surface area contributed by atoms with Gasteiger partial charge in [-0.1, -0.05) is 0 Å². The normalized spacial score (nSPS) is 28.6. The number of Topliss-reactive ketones (excluding diaryl/α,β-unsaturated/α-hetero) is 1. The Balaban J connectivity index is 1.54. The van der Waals surface area contributed by atoms with Crippen LogP contribution in [0.25, 0.3) is 5.70 Å². The Morgan fingerprint density at radius 2 is 1.59 bits per heavy atom. The van der Waals surface area contributed by atoms with E-state index in [1.807, 2.05) is 24.8 Å². The van der Waals surface area contributed by atoms with E-state index in [-0.39, 0.29) is 17.4 Å². The predicted octanol–water partition coefficient (Wildman–Crippen LogP) is 4.73. The van der Waals surface area contributed by atoms with Gasteiger partial charge in [-0.3, -0.25) is 9.59 Å². The minimum Gasteiger partial charge on any atom is -0.457 e. The number of carbonyl (C=O) groups excluding carboxylic acids is 2. The summed E-state index contributed by atoms with van der Waals surface area (Å²) in [6.07, 6.45) is 6.26. The first kappa shape index (κ1) is 22.5. The van der Waals surface area contributed by atoms with Crippen LogP contribution < -0.4 is 0 Å². The summed E-state index contributed by atoms with van der Waals surface area (Å²) in [5.41, 5.74) is 0.545. The smallest absolute Gasteiger partial charge is 0.312 e. The van der Waals surface area contributed by atoms with Crippen molar-refractivity contribution in [3.63, 3.8) is 0 Å². The Kier molecular flexibility index (Phi) is 6.37. The molecule has 1 aromatic rings. The van der Waals surface area contributed by atoms with Crippen molar-refractivity contribution >= 4 is 17.4 Å². The summed E-state index contributed by atoms with van der Waals surface area (Å²) in [7, 11) is 0. The highest BCUT2D eigenvalue weighted by molar-refractivity contribution is 6.07. The minimum absolute atomic E-state index is 0.0568. The number of rotatable bonds is 8. The second kappa shape index (κ2) is 9.05. The molecular formula is C26H31FN2O3. The van der Waals surface area contributed by atoms with Crippen molar-refractivity contribution in [3.05, 3.63) is 41.2 Å². The zero-order valence-corrected chi connectivity index (χ0v) is 18.9. The summed E-state index contributed by atoms with van der Waals surface area (Å²) in [5.74, 6) is 0.637. The number of benzene rings is 1. The lowest BCUT2D eigenvalue weighted by Gasteiger charge is -2.55. The van der Waals surface area contributed by atoms with E-state index in [0.29, 0.717) is 42.1 Å². The zero-order chi connectivity index (χ0) is 22.9. The van der Waals surface area contributed by atoms with Crippen LogP contribution in [0.3, 0.4) is 0 Å². The lowest BCUT2D eigenvalue weighted by Crippen LogP contribution is -2.50. The van der Waals surface area contributed by atoms with Gasteiger partial charge in [-0.2, -0.15) is 5.26 Å². The van der Waals surface area contributed by atoms with Gasteiger partial charge in [-0.25, -0.2) is 4.39 Å². The highest BCUT2D eigenvalue weighted by atomic mass is 19.1. The molecule has 0 heterocycles. The molecule has 4 aliphatic rings. The number of hydrogen-bond donors (Lipinski definition) is 0. The van der Waals surface area contributed by atoms with Crippen LogP contribution >= 0.6 is 0 Å².